The molecule has 4 heteroatoms. The van der Waals surface area contributed by atoms with Crippen LogP contribution in [0.3, 0.4) is 0 Å². The predicted molar refractivity (Wildman–Crippen MR) is 77.6 cm³/mol. The summed E-state index contributed by atoms with van der Waals surface area (Å²) in [4.78, 5) is 11.2. The van der Waals surface area contributed by atoms with Gasteiger partial charge < -0.3 is 14.5 Å². The van der Waals surface area contributed by atoms with Crippen molar-refractivity contribution in [2.45, 2.75) is 39.5 Å². The van der Waals surface area contributed by atoms with Crippen LogP contribution in [0.2, 0.25) is 0 Å². The fourth-order valence-electron chi connectivity index (χ4n) is 2.18. The van der Waals surface area contributed by atoms with Crippen LogP contribution in [0, 0.1) is 0 Å². The summed E-state index contributed by atoms with van der Waals surface area (Å²) in [5.74, 6) is -1.23. The van der Waals surface area contributed by atoms with Gasteiger partial charge in [-0.05, 0) is 12.8 Å². The Labute approximate surface area is 115 Å². The van der Waals surface area contributed by atoms with E-state index < -0.39 is 13.1 Å². The molecule has 0 N–H and O–H groups in total. The van der Waals surface area contributed by atoms with E-state index in [1.54, 1.807) is 18.2 Å². The molecule has 0 aliphatic carbocycles. The van der Waals surface area contributed by atoms with Crippen molar-refractivity contribution in [3.8, 4) is 0 Å². The summed E-state index contributed by atoms with van der Waals surface area (Å²) < 4.78 is 13.2. The van der Waals surface area contributed by atoms with E-state index in [-0.39, 0.29) is 5.56 Å². The highest BCUT2D eigenvalue weighted by Crippen LogP contribution is 2.47. The smallest absolute Gasteiger partial charge is 0.116 e. The minimum atomic E-state index is -2.62. The third kappa shape index (κ3) is 4.21. The lowest BCUT2D eigenvalue weighted by molar-refractivity contribution is -0.254. The molecular weight excluding hydrogens is 259 g/mol. The summed E-state index contributed by atoms with van der Waals surface area (Å²) in [5, 5.41) is 11.7. The van der Waals surface area contributed by atoms with Gasteiger partial charge in [-0.15, -0.1) is 0 Å². The van der Waals surface area contributed by atoms with E-state index in [9.17, 15) is 14.5 Å². The summed E-state index contributed by atoms with van der Waals surface area (Å²) in [5.41, 5.74) is 0.0954. The van der Waals surface area contributed by atoms with E-state index in [1.165, 1.54) is 6.07 Å². The largest absolute Gasteiger partial charge is 0.545 e. The number of rotatable bonds is 8. The summed E-state index contributed by atoms with van der Waals surface area (Å²) in [7, 11) is -2.62. The minimum absolute atomic E-state index is 0.0954. The second-order valence-electron chi connectivity index (χ2n) is 4.85. The van der Waals surface area contributed by atoms with E-state index in [1.807, 2.05) is 0 Å². The first-order valence-corrected chi connectivity index (χ1v) is 9.02. The molecule has 3 nitrogen and oxygen atoms in total. The third-order valence-electron chi connectivity index (χ3n) is 3.31. The monoisotopic (exact) mass is 281 g/mol. The molecule has 19 heavy (non-hydrogen) atoms. The van der Waals surface area contributed by atoms with E-state index in [2.05, 4.69) is 13.8 Å². The van der Waals surface area contributed by atoms with Gasteiger partial charge >= 0.3 is 0 Å². The summed E-state index contributed by atoms with van der Waals surface area (Å²) >= 11 is 0. The number of carbonyl (C=O) groups excluding carboxylic acids is 1. The molecule has 0 aliphatic rings. The SMILES string of the molecule is CCCCP(=O)(CCCC)c1ccccc1C(=O)[O-]. The lowest BCUT2D eigenvalue weighted by Gasteiger charge is -2.21. The first-order chi connectivity index (χ1) is 9.05. The molecule has 0 saturated carbocycles. The molecule has 0 aromatic heterocycles. The molecule has 0 heterocycles. The van der Waals surface area contributed by atoms with E-state index in [0.717, 1.165) is 25.7 Å². The Morgan fingerprint density at radius 3 is 2.11 bits per heavy atom. The molecule has 0 spiro atoms. The maximum Gasteiger partial charge on any atom is 0.116 e. The Balaban J connectivity index is 3.16. The average Bonchev–Trinajstić information content (AvgIpc) is 2.43. The molecule has 106 valence electrons. The highest BCUT2D eigenvalue weighted by atomic mass is 31.2. The number of carbonyl (C=O) groups is 1. The van der Waals surface area contributed by atoms with Crippen LogP contribution < -0.4 is 10.4 Å². The second-order valence-corrected chi connectivity index (χ2v) is 8.00. The number of hydrogen-bond acceptors (Lipinski definition) is 3. The maximum atomic E-state index is 13.2. The Morgan fingerprint density at radius 1 is 1.11 bits per heavy atom. The van der Waals surface area contributed by atoms with Gasteiger partial charge in [0, 0.05) is 23.2 Å². The number of aromatic carboxylic acids is 1. The van der Waals surface area contributed by atoms with Crippen molar-refractivity contribution in [2.75, 3.05) is 12.3 Å². The first-order valence-electron chi connectivity index (χ1n) is 6.94. The number of benzene rings is 1. The lowest BCUT2D eigenvalue weighted by atomic mass is 10.2. The predicted octanol–water partition coefficient (Wildman–Crippen LogP) is 2.64. The van der Waals surface area contributed by atoms with Gasteiger partial charge in [0.1, 0.15) is 7.14 Å². The molecule has 0 aliphatic heterocycles. The molecule has 1 aromatic carbocycles. The van der Waals surface area contributed by atoms with Crippen molar-refractivity contribution in [3.63, 3.8) is 0 Å². The van der Waals surface area contributed by atoms with Crippen LogP contribution in [0.1, 0.15) is 49.9 Å². The van der Waals surface area contributed by atoms with Gasteiger partial charge in [-0.2, -0.15) is 0 Å². The van der Waals surface area contributed by atoms with Crippen LogP contribution >= 0.6 is 7.14 Å². The van der Waals surface area contributed by atoms with Crippen LogP contribution in [0.25, 0.3) is 0 Å². The zero-order valence-electron chi connectivity index (χ0n) is 11.7. The van der Waals surface area contributed by atoms with Gasteiger partial charge in [0.2, 0.25) is 0 Å². The zero-order valence-corrected chi connectivity index (χ0v) is 12.6. The van der Waals surface area contributed by atoms with Crippen molar-refractivity contribution in [1.82, 2.24) is 0 Å². The standard InChI is InChI=1S/C15H23O3P/c1-3-5-11-19(18,12-6-4-2)14-10-8-7-9-13(14)15(16)17/h7-10H,3-6,11-12H2,1-2H3,(H,16,17)/p-1. The normalized spacial score (nSPS) is 11.5. The summed E-state index contributed by atoms with van der Waals surface area (Å²) in [6.45, 7) is 4.10. The molecule has 0 radical (unpaired) electrons. The summed E-state index contributed by atoms with van der Waals surface area (Å²) in [6, 6.07) is 6.59. The van der Waals surface area contributed by atoms with Gasteiger partial charge in [-0.25, -0.2) is 0 Å². The molecule has 0 atom stereocenters. The van der Waals surface area contributed by atoms with Gasteiger partial charge in [-0.3, -0.25) is 0 Å². The molecule has 1 aromatic rings. The Hall–Kier alpha value is -1.08. The van der Waals surface area contributed by atoms with Crippen LogP contribution in [0.15, 0.2) is 24.3 Å². The van der Waals surface area contributed by atoms with Gasteiger partial charge in [0.25, 0.3) is 0 Å². The molecule has 0 unspecified atom stereocenters. The van der Waals surface area contributed by atoms with E-state index in [4.69, 9.17) is 0 Å². The molecule has 0 saturated heterocycles. The number of carboxylic acid groups (broad SMARTS) is 1. The van der Waals surface area contributed by atoms with Crippen LogP contribution in [-0.2, 0) is 4.57 Å². The molecule has 1 rings (SSSR count). The number of carboxylic acids is 1. The molecule has 0 amide bonds. The number of hydrogen-bond donors (Lipinski definition) is 0. The Bertz CT molecular complexity index is 456. The van der Waals surface area contributed by atoms with Crippen molar-refractivity contribution < 1.29 is 14.5 Å². The van der Waals surface area contributed by atoms with Crippen LogP contribution in [0.4, 0.5) is 0 Å². The maximum absolute atomic E-state index is 13.2. The van der Waals surface area contributed by atoms with Crippen molar-refractivity contribution in [2.24, 2.45) is 0 Å². The fourth-order valence-corrected chi connectivity index (χ4v) is 5.50. The first kappa shape index (κ1) is 16.0. The Morgan fingerprint density at radius 2 is 1.63 bits per heavy atom. The molecule has 0 bridgehead atoms. The quantitative estimate of drug-likeness (QED) is 0.688. The van der Waals surface area contributed by atoms with E-state index >= 15 is 0 Å². The minimum Gasteiger partial charge on any atom is -0.545 e. The summed E-state index contributed by atoms with van der Waals surface area (Å²) in [6.07, 6.45) is 4.83. The van der Waals surface area contributed by atoms with Crippen molar-refractivity contribution in [3.05, 3.63) is 29.8 Å². The van der Waals surface area contributed by atoms with Crippen LogP contribution in [0.5, 0.6) is 0 Å². The van der Waals surface area contributed by atoms with E-state index in [0.29, 0.717) is 17.6 Å². The topological polar surface area (TPSA) is 57.2 Å². The highest BCUT2D eigenvalue weighted by Gasteiger charge is 2.26. The van der Waals surface area contributed by atoms with Gasteiger partial charge in [0.15, 0.2) is 0 Å². The van der Waals surface area contributed by atoms with Gasteiger partial charge in [-0.1, -0.05) is 51.0 Å². The Kier molecular flexibility index (Phi) is 6.30. The third-order valence-corrected chi connectivity index (χ3v) is 6.65. The number of unbranched alkanes of at least 4 members (excludes halogenated alkanes) is 2. The highest BCUT2D eigenvalue weighted by molar-refractivity contribution is 7.71. The zero-order chi connectivity index (χ0) is 14.3. The second kappa shape index (κ2) is 7.49. The van der Waals surface area contributed by atoms with Gasteiger partial charge in [0.05, 0.1) is 5.97 Å². The average molecular weight is 281 g/mol. The fraction of sp³-hybridized carbons (Fsp3) is 0.533. The molecular formula is C15H22O3P-. The van der Waals surface area contributed by atoms with Crippen molar-refractivity contribution in [1.29, 1.82) is 0 Å². The molecule has 0 fully saturated rings. The van der Waals surface area contributed by atoms with Crippen LogP contribution in [-0.4, -0.2) is 18.3 Å². The lowest BCUT2D eigenvalue weighted by Crippen LogP contribution is -2.29. The van der Waals surface area contributed by atoms with Crippen molar-refractivity contribution >= 4 is 18.4 Å².